The van der Waals surface area contributed by atoms with E-state index in [1.54, 1.807) is 0 Å². The van der Waals surface area contributed by atoms with Crippen LogP contribution >= 0.6 is 0 Å². The molecular weight excluding hydrogens is 149 g/mol. The van der Waals surface area contributed by atoms with E-state index in [1.807, 2.05) is 0 Å². The van der Waals surface area contributed by atoms with Crippen LogP contribution in [0.15, 0.2) is 0 Å². The van der Waals surface area contributed by atoms with Crippen LogP contribution in [-0.4, -0.2) is 44.0 Å². The molecule has 2 aliphatic heterocycles. The normalized spacial score (nSPS) is 53.4. The number of ether oxygens (including phenoxy) is 1. The minimum absolute atomic E-state index is 0.0544. The van der Waals surface area contributed by atoms with Crippen molar-refractivity contribution in [1.82, 2.24) is 4.90 Å². The molecule has 0 aromatic carbocycles. The molecule has 0 N–H and O–H groups in total. The van der Waals surface area contributed by atoms with Gasteiger partial charge in [-0.25, -0.2) is 0 Å². The van der Waals surface area contributed by atoms with Crippen molar-refractivity contribution in [1.29, 1.82) is 0 Å². The summed E-state index contributed by atoms with van der Waals surface area (Å²) in [7, 11) is 8.04. The molecule has 0 spiro atoms. The van der Waals surface area contributed by atoms with E-state index >= 15 is 0 Å². The van der Waals surface area contributed by atoms with Crippen LogP contribution in [0.4, 0.5) is 0 Å². The fraction of sp³-hybridized carbons (Fsp3) is 1.00. The number of morpholine rings is 1. The van der Waals surface area contributed by atoms with Crippen LogP contribution in [-0.2, 0) is 4.74 Å². The molecule has 4 atom stereocenters. The Bertz CT molecular complexity index is 185. The van der Waals surface area contributed by atoms with Crippen LogP contribution in [0.25, 0.3) is 0 Å². The third-order valence-corrected chi connectivity index (χ3v) is 3.67. The molecule has 2 rings (SSSR count). The first kappa shape index (κ1) is 8.58. The maximum Gasteiger partial charge on any atom is 0.111 e. The fourth-order valence-corrected chi connectivity index (χ4v) is 2.90. The van der Waals surface area contributed by atoms with E-state index in [1.165, 1.54) is 0 Å². The molecule has 0 aromatic rings. The third-order valence-electron chi connectivity index (χ3n) is 3.67. The van der Waals surface area contributed by atoms with E-state index < -0.39 is 0 Å². The zero-order valence-electron chi connectivity index (χ0n) is 8.08. The summed E-state index contributed by atoms with van der Waals surface area (Å²) in [6.45, 7) is 5.48. The van der Waals surface area contributed by atoms with Crippen molar-refractivity contribution < 1.29 is 4.74 Å². The van der Waals surface area contributed by atoms with Gasteiger partial charge in [0.1, 0.15) is 7.85 Å². The number of hydrogen-bond acceptors (Lipinski definition) is 2. The monoisotopic (exact) mass is 165 g/mol. The number of fused-ring (bicyclic) bond motifs is 2. The average molecular weight is 165 g/mol. The van der Waals surface area contributed by atoms with Crippen molar-refractivity contribution >= 4 is 7.85 Å². The van der Waals surface area contributed by atoms with Gasteiger partial charge >= 0.3 is 0 Å². The molecule has 2 aliphatic rings. The summed E-state index contributed by atoms with van der Waals surface area (Å²) in [6.07, 6.45) is 1.07. The summed E-state index contributed by atoms with van der Waals surface area (Å²) in [5, 5.41) is 0. The molecule has 2 heterocycles. The molecule has 2 saturated heterocycles. The Kier molecular flexibility index (Phi) is 1.78. The predicted molar refractivity (Wildman–Crippen MR) is 49.2 cm³/mol. The largest absolute Gasteiger partial charge is 0.378 e. The van der Waals surface area contributed by atoms with Crippen LogP contribution in [0.3, 0.4) is 0 Å². The highest BCUT2D eigenvalue weighted by atomic mass is 16.5. The van der Waals surface area contributed by atoms with Crippen molar-refractivity contribution in [3.8, 4) is 0 Å². The Morgan fingerprint density at radius 3 is 2.67 bits per heavy atom. The van der Waals surface area contributed by atoms with Gasteiger partial charge in [-0.1, -0.05) is 13.8 Å². The van der Waals surface area contributed by atoms with Gasteiger partial charge in [-0.3, -0.25) is 4.90 Å². The number of hydrogen-bond donors (Lipinski definition) is 0. The van der Waals surface area contributed by atoms with Gasteiger partial charge < -0.3 is 4.74 Å². The lowest BCUT2D eigenvalue weighted by Crippen LogP contribution is -2.45. The Morgan fingerprint density at radius 1 is 1.67 bits per heavy atom. The van der Waals surface area contributed by atoms with Gasteiger partial charge in [-0.05, 0) is 13.5 Å². The SMILES string of the molecule is [B][C@@H]1O[C@@]2(CC)CN(C)[C@H]1C2C. The van der Waals surface area contributed by atoms with Crippen molar-refractivity contribution in [2.24, 2.45) is 5.92 Å². The van der Waals surface area contributed by atoms with Gasteiger partial charge in [0.2, 0.25) is 0 Å². The molecule has 12 heavy (non-hydrogen) atoms. The first-order valence-corrected chi connectivity index (χ1v) is 4.74. The quantitative estimate of drug-likeness (QED) is 0.528. The van der Waals surface area contributed by atoms with Gasteiger partial charge in [0.05, 0.1) is 5.60 Å². The number of likely N-dealkylation sites (N-methyl/N-ethyl adjacent to an activating group) is 1. The van der Waals surface area contributed by atoms with E-state index in [2.05, 4.69) is 25.8 Å². The zero-order chi connectivity index (χ0) is 8.93. The second-order valence-corrected chi connectivity index (χ2v) is 4.20. The highest BCUT2D eigenvalue weighted by molar-refractivity contribution is 6.11. The summed E-state index contributed by atoms with van der Waals surface area (Å²) in [6, 6.07) is 0.364. The predicted octanol–water partition coefficient (Wildman–Crippen LogP) is 0.610. The summed E-state index contributed by atoms with van der Waals surface area (Å²) in [5.74, 6) is 0.586. The number of likely N-dealkylation sites (tertiary alicyclic amines) is 1. The van der Waals surface area contributed by atoms with Crippen molar-refractivity contribution in [2.45, 2.75) is 37.9 Å². The first-order chi connectivity index (χ1) is 5.60. The third kappa shape index (κ3) is 0.840. The lowest BCUT2D eigenvalue weighted by molar-refractivity contribution is -0.0657. The van der Waals surface area contributed by atoms with E-state index in [9.17, 15) is 0 Å². The maximum absolute atomic E-state index is 5.90. The van der Waals surface area contributed by atoms with E-state index in [0.717, 1.165) is 13.0 Å². The smallest absolute Gasteiger partial charge is 0.111 e. The van der Waals surface area contributed by atoms with E-state index in [4.69, 9.17) is 12.6 Å². The number of rotatable bonds is 1. The van der Waals surface area contributed by atoms with Gasteiger partial charge in [-0.2, -0.15) is 0 Å². The Hall–Kier alpha value is -0.0151. The molecule has 0 amide bonds. The lowest BCUT2D eigenvalue weighted by atomic mass is 9.84. The highest BCUT2D eigenvalue weighted by Gasteiger charge is 2.57. The molecule has 2 fully saturated rings. The van der Waals surface area contributed by atoms with Crippen molar-refractivity contribution in [3.05, 3.63) is 0 Å². The summed E-state index contributed by atoms with van der Waals surface area (Å²) < 4.78 is 5.82. The molecule has 2 bridgehead atoms. The molecular formula is C9H16BNO. The van der Waals surface area contributed by atoms with Crippen molar-refractivity contribution in [2.75, 3.05) is 13.6 Å². The van der Waals surface area contributed by atoms with E-state index in [0.29, 0.717) is 12.0 Å². The average Bonchev–Trinajstić information content (AvgIpc) is 2.37. The molecule has 2 nitrogen and oxygen atoms in total. The molecule has 0 aliphatic carbocycles. The lowest BCUT2D eigenvalue weighted by Gasteiger charge is -2.34. The molecule has 1 unspecified atom stereocenters. The Morgan fingerprint density at radius 2 is 2.33 bits per heavy atom. The first-order valence-electron chi connectivity index (χ1n) is 4.74. The molecule has 0 aromatic heterocycles. The standard InChI is InChI=1S/C9H16BNO/c1-4-9-5-11(3)7(6(9)2)8(10)12-9/h6-8H,4-5H2,1-3H3/t6?,7-,8+,9-/m0/s1. The maximum atomic E-state index is 5.90. The second kappa shape index (κ2) is 2.49. The van der Waals surface area contributed by atoms with Crippen LogP contribution in [0.1, 0.15) is 20.3 Å². The van der Waals surface area contributed by atoms with Gasteiger partial charge in [0.15, 0.2) is 0 Å². The minimum Gasteiger partial charge on any atom is -0.378 e. The molecule has 2 radical (unpaired) electrons. The van der Waals surface area contributed by atoms with Crippen LogP contribution in [0, 0.1) is 5.92 Å². The van der Waals surface area contributed by atoms with Crippen molar-refractivity contribution in [3.63, 3.8) is 0 Å². The number of nitrogens with zero attached hydrogens (tertiary/aromatic N) is 1. The summed E-state index contributed by atoms with van der Waals surface area (Å²) in [4.78, 5) is 2.34. The summed E-state index contributed by atoms with van der Waals surface area (Å²) in [5.41, 5.74) is 0.0544. The molecule has 3 heteroatoms. The Balaban J connectivity index is 2.28. The fourth-order valence-electron chi connectivity index (χ4n) is 2.90. The molecule has 0 saturated carbocycles. The van der Waals surface area contributed by atoms with Crippen LogP contribution in [0.2, 0.25) is 0 Å². The van der Waals surface area contributed by atoms with E-state index in [-0.39, 0.29) is 11.6 Å². The van der Waals surface area contributed by atoms with Gasteiger partial charge in [0.25, 0.3) is 0 Å². The zero-order valence-corrected chi connectivity index (χ0v) is 8.08. The highest BCUT2D eigenvalue weighted by Crippen LogP contribution is 2.46. The van der Waals surface area contributed by atoms with Crippen LogP contribution in [0.5, 0.6) is 0 Å². The minimum atomic E-state index is -0.0706. The van der Waals surface area contributed by atoms with Gasteiger partial charge in [0, 0.05) is 24.5 Å². The second-order valence-electron chi connectivity index (χ2n) is 4.20. The molecule has 66 valence electrons. The van der Waals surface area contributed by atoms with Crippen LogP contribution < -0.4 is 0 Å². The summed E-state index contributed by atoms with van der Waals surface area (Å²) >= 11 is 0. The Labute approximate surface area is 75.7 Å². The van der Waals surface area contributed by atoms with Gasteiger partial charge in [-0.15, -0.1) is 0 Å². The topological polar surface area (TPSA) is 12.5 Å².